The van der Waals surface area contributed by atoms with Crippen LogP contribution in [0.3, 0.4) is 0 Å². The molecular formula is C21H21FN2O3. The quantitative estimate of drug-likeness (QED) is 0.850. The minimum Gasteiger partial charge on any atom is -0.442 e. The molecule has 5 nitrogen and oxygen atoms in total. The number of nitrogens with one attached hydrogen (secondary N) is 1. The van der Waals surface area contributed by atoms with Gasteiger partial charge in [0.25, 0.3) is 0 Å². The molecule has 2 amide bonds. The summed E-state index contributed by atoms with van der Waals surface area (Å²) < 4.78 is 18.6. The Morgan fingerprint density at radius 3 is 2.52 bits per heavy atom. The van der Waals surface area contributed by atoms with E-state index in [-0.39, 0.29) is 24.2 Å². The largest absolute Gasteiger partial charge is 0.442 e. The van der Waals surface area contributed by atoms with Gasteiger partial charge in [-0.15, -0.1) is 0 Å². The van der Waals surface area contributed by atoms with Gasteiger partial charge < -0.3 is 10.1 Å². The molecule has 4 rings (SSSR count). The first-order valence-corrected chi connectivity index (χ1v) is 9.18. The minimum atomic E-state index is -0.405. The second-order valence-corrected chi connectivity index (χ2v) is 7.06. The van der Waals surface area contributed by atoms with Gasteiger partial charge in [-0.3, -0.25) is 9.69 Å². The maximum Gasteiger partial charge on any atom is 0.414 e. The third-order valence-corrected chi connectivity index (χ3v) is 5.05. The summed E-state index contributed by atoms with van der Waals surface area (Å²) in [7, 11) is 0. The minimum absolute atomic E-state index is 0.0988. The monoisotopic (exact) mass is 368 g/mol. The molecule has 1 heterocycles. The fourth-order valence-electron chi connectivity index (χ4n) is 3.51. The number of para-hydroxylation sites is 1. The van der Waals surface area contributed by atoms with Gasteiger partial charge in [0.15, 0.2) is 0 Å². The van der Waals surface area contributed by atoms with Crippen LogP contribution in [0, 0.1) is 11.7 Å². The Kier molecular flexibility index (Phi) is 4.79. The molecule has 1 aliphatic carbocycles. The molecule has 2 fully saturated rings. The topological polar surface area (TPSA) is 58.6 Å². The molecule has 2 unspecified atom stereocenters. The van der Waals surface area contributed by atoms with Crippen LogP contribution in [0.4, 0.5) is 14.9 Å². The van der Waals surface area contributed by atoms with Gasteiger partial charge >= 0.3 is 6.09 Å². The van der Waals surface area contributed by atoms with Crippen molar-refractivity contribution in [2.45, 2.75) is 24.9 Å². The highest BCUT2D eigenvalue weighted by Crippen LogP contribution is 2.42. The lowest BCUT2D eigenvalue weighted by Gasteiger charge is -2.18. The van der Waals surface area contributed by atoms with Gasteiger partial charge in [0, 0.05) is 5.69 Å². The predicted octanol–water partition coefficient (Wildman–Crippen LogP) is 3.46. The van der Waals surface area contributed by atoms with E-state index in [9.17, 15) is 14.0 Å². The number of ether oxygens (including phenoxy) is 1. The van der Waals surface area contributed by atoms with Crippen LogP contribution in [0.25, 0.3) is 0 Å². The van der Waals surface area contributed by atoms with Crippen LogP contribution >= 0.6 is 0 Å². The first-order valence-electron chi connectivity index (χ1n) is 9.18. The molecule has 2 aliphatic rings. The Labute approximate surface area is 157 Å². The molecule has 1 saturated heterocycles. The fourth-order valence-corrected chi connectivity index (χ4v) is 3.51. The molecule has 0 bridgehead atoms. The average Bonchev–Trinajstić information content (AvgIpc) is 3.44. The summed E-state index contributed by atoms with van der Waals surface area (Å²) in [5.74, 6) is -0.402. The van der Waals surface area contributed by atoms with Gasteiger partial charge in [-0.1, -0.05) is 30.3 Å². The van der Waals surface area contributed by atoms with Crippen LogP contribution in [-0.2, 0) is 9.53 Å². The van der Waals surface area contributed by atoms with Crippen LogP contribution < -0.4 is 10.2 Å². The molecule has 2 aromatic carbocycles. The summed E-state index contributed by atoms with van der Waals surface area (Å²) in [5.41, 5.74) is 1.60. The Morgan fingerprint density at radius 2 is 1.85 bits per heavy atom. The summed E-state index contributed by atoms with van der Waals surface area (Å²) in [6, 6.07) is 15.4. The van der Waals surface area contributed by atoms with E-state index in [4.69, 9.17) is 4.74 Å². The predicted molar refractivity (Wildman–Crippen MR) is 98.9 cm³/mol. The highest BCUT2D eigenvalue weighted by atomic mass is 19.1. The number of nitrogens with zero attached hydrogens (tertiary/aromatic N) is 1. The van der Waals surface area contributed by atoms with Gasteiger partial charge in [0.2, 0.25) is 5.91 Å². The summed E-state index contributed by atoms with van der Waals surface area (Å²) >= 11 is 0. The van der Waals surface area contributed by atoms with Crippen LogP contribution in [-0.4, -0.2) is 31.2 Å². The molecule has 140 valence electrons. The molecule has 6 heteroatoms. The van der Waals surface area contributed by atoms with Crippen molar-refractivity contribution < 1.29 is 18.7 Å². The number of hydrogen-bond acceptors (Lipinski definition) is 3. The molecular weight excluding hydrogens is 347 g/mol. The van der Waals surface area contributed by atoms with E-state index in [1.807, 2.05) is 30.3 Å². The van der Waals surface area contributed by atoms with Crippen molar-refractivity contribution in [3.8, 4) is 0 Å². The lowest BCUT2D eigenvalue weighted by atomic mass is 9.93. The third kappa shape index (κ3) is 3.94. The molecule has 0 aromatic heterocycles. The van der Waals surface area contributed by atoms with E-state index in [1.165, 1.54) is 12.1 Å². The average molecular weight is 368 g/mol. The van der Waals surface area contributed by atoms with Crippen LogP contribution in [0.1, 0.15) is 24.3 Å². The number of carbonyl (C=O) groups excluding carboxylic acids is 2. The highest BCUT2D eigenvalue weighted by Gasteiger charge is 2.38. The number of hydrogen-bond donors (Lipinski definition) is 1. The van der Waals surface area contributed by atoms with Crippen molar-refractivity contribution in [3.05, 3.63) is 66.0 Å². The summed E-state index contributed by atoms with van der Waals surface area (Å²) in [5, 5.41) is 2.92. The van der Waals surface area contributed by atoms with E-state index in [2.05, 4.69) is 5.32 Å². The van der Waals surface area contributed by atoms with Crippen LogP contribution in [0.5, 0.6) is 0 Å². The summed E-state index contributed by atoms with van der Waals surface area (Å²) in [6.07, 6.45) is 1.19. The zero-order valence-electron chi connectivity index (χ0n) is 14.8. The smallest absolute Gasteiger partial charge is 0.414 e. The second-order valence-electron chi connectivity index (χ2n) is 7.06. The maximum atomic E-state index is 13.2. The fraction of sp³-hybridized carbons (Fsp3) is 0.333. The van der Waals surface area contributed by atoms with E-state index in [1.54, 1.807) is 17.0 Å². The molecule has 0 radical (unpaired) electrons. The molecule has 2 atom stereocenters. The molecule has 0 spiro atoms. The van der Waals surface area contributed by atoms with Crippen molar-refractivity contribution in [2.24, 2.45) is 5.92 Å². The maximum absolute atomic E-state index is 13.2. The summed E-state index contributed by atoms with van der Waals surface area (Å²) in [6.45, 7) is 0.659. The van der Waals surface area contributed by atoms with Crippen molar-refractivity contribution in [1.29, 1.82) is 0 Å². The Morgan fingerprint density at radius 1 is 1.15 bits per heavy atom. The van der Waals surface area contributed by atoms with Crippen molar-refractivity contribution >= 4 is 17.7 Å². The Bertz CT molecular complexity index is 821. The van der Waals surface area contributed by atoms with E-state index >= 15 is 0 Å². The van der Waals surface area contributed by atoms with Crippen LogP contribution in [0.2, 0.25) is 0 Å². The molecule has 2 aromatic rings. The van der Waals surface area contributed by atoms with Gasteiger partial charge in [0.05, 0.1) is 19.0 Å². The van der Waals surface area contributed by atoms with Crippen LogP contribution in [0.15, 0.2) is 54.6 Å². The lowest BCUT2D eigenvalue weighted by Crippen LogP contribution is -2.37. The molecule has 1 aliphatic heterocycles. The zero-order chi connectivity index (χ0) is 18.8. The zero-order valence-corrected chi connectivity index (χ0v) is 14.8. The van der Waals surface area contributed by atoms with E-state index in [0.717, 1.165) is 24.1 Å². The second kappa shape index (κ2) is 7.39. The van der Waals surface area contributed by atoms with Crippen molar-refractivity contribution in [1.82, 2.24) is 5.32 Å². The van der Waals surface area contributed by atoms with Gasteiger partial charge in [-0.2, -0.15) is 0 Å². The number of anilines is 1. The normalized spacial score (nSPS) is 20.3. The standard InChI is InChI=1S/C21H21FN2O3/c22-16-10-8-15(9-11-16)19(14-6-7-14)20(25)23-12-18-13-24(21(26)27-18)17-4-2-1-3-5-17/h1-5,8-11,14,18-19H,6-7,12-13H2,(H,23,25). The van der Waals surface area contributed by atoms with E-state index < -0.39 is 12.2 Å². The number of rotatable bonds is 6. The Balaban J connectivity index is 1.37. The number of carbonyl (C=O) groups is 2. The molecule has 1 N–H and O–H groups in total. The van der Waals surface area contributed by atoms with Gasteiger partial charge in [0.1, 0.15) is 11.9 Å². The third-order valence-electron chi connectivity index (χ3n) is 5.05. The summed E-state index contributed by atoms with van der Waals surface area (Å²) in [4.78, 5) is 26.4. The first-order chi connectivity index (χ1) is 13.1. The van der Waals surface area contributed by atoms with Crippen molar-refractivity contribution in [2.75, 3.05) is 18.0 Å². The van der Waals surface area contributed by atoms with Gasteiger partial charge in [-0.05, 0) is 48.6 Å². The first kappa shape index (κ1) is 17.5. The lowest BCUT2D eigenvalue weighted by molar-refractivity contribution is -0.123. The van der Waals surface area contributed by atoms with Crippen molar-refractivity contribution in [3.63, 3.8) is 0 Å². The number of amides is 2. The number of benzene rings is 2. The number of halogens is 1. The van der Waals surface area contributed by atoms with Gasteiger partial charge in [-0.25, -0.2) is 9.18 Å². The Hall–Kier alpha value is -2.89. The highest BCUT2D eigenvalue weighted by molar-refractivity contribution is 5.90. The molecule has 1 saturated carbocycles. The van der Waals surface area contributed by atoms with E-state index in [0.29, 0.717) is 12.5 Å². The number of cyclic esters (lactones) is 1. The SMILES string of the molecule is O=C(NCC1CN(c2ccccc2)C(=O)O1)C(c1ccc(F)cc1)C1CC1. The molecule has 27 heavy (non-hydrogen) atoms.